The van der Waals surface area contributed by atoms with E-state index in [4.69, 9.17) is 4.74 Å². The van der Waals surface area contributed by atoms with Gasteiger partial charge in [-0.05, 0) is 60.5 Å². The quantitative estimate of drug-likeness (QED) is 0.153. The number of carbonyl (C=O) groups excluding carboxylic acids is 2. The van der Waals surface area contributed by atoms with Crippen molar-refractivity contribution in [2.75, 3.05) is 6.61 Å². The summed E-state index contributed by atoms with van der Waals surface area (Å²) in [4.78, 5) is 27.2. The number of ether oxygens (including phenoxy) is 1. The van der Waals surface area contributed by atoms with Gasteiger partial charge in [0.25, 0.3) is 0 Å². The first kappa shape index (κ1) is 27.0. The standard InChI is InChI=1S/C30H42O6/c1-6-7-8-9-10-11-12-13-23(32)36-27-20(17-31)15-21-24-22(28(24,4)5)14-19(3)29(26(21)34)16-18(2)25(33)30(27,29)35/h10-13,15-16,19,21-22,24-25,27,31,33,35H,6-9,14,17H2,1-5H3/b11-10+,13-12+/t19-,21-,22-,24+,25+,27-,29+,30-/m1/s1. The van der Waals surface area contributed by atoms with E-state index in [0.29, 0.717) is 11.5 Å². The van der Waals surface area contributed by atoms with Gasteiger partial charge in [-0.2, -0.15) is 0 Å². The topological polar surface area (TPSA) is 104 Å². The highest BCUT2D eigenvalue weighted by atomic mass is 16.6. The number of hydrogen-bond donors (Lipinski definition) is 3. The Morgan fingerprint density at radius 3 is 2.64 bits per heavy atom. The van der Waals surface area contributed by atoms with E-state index in [9.17, 15) is 24.9 Å². The lowest BCUT2D eigenvalue weighted by atomic mass is 9.59. The zero-order chi connectivity index (χ0) is 26.5. The number of aliphatic hydroxyl groups is 3. The number of fused-ring (bicyclic) bond motifs is 3. The van der Waals surface area contributed by atoms with Crippen molar-refractivity contribution in [2.45, 2.75) is 84.5 Å². The molecule has 4 aliphatic carbocycles. The molecule has 2 saturated carbocycles. The summed E-state index contributed by atoms with van der Waals surface area (Å²) in [6, 6.07) is 0. The van der Waals surface area contributed by atoms with Crippen LogP contribution in [-0.2, 0) is 14.3 Å². The maximum atomic E-state index is 14.3. The van der Waals surface area contributed by atoms with Gasteiger partial charge in [0.2, 0.25) is 0 Å². The van der Waals surface area contributed by atoms with Gasteiger partial charge in [0.05, 0.1) is 12.0 Å². The summed E-state index contributed by atoms with van der Waals surface area (Å²) in [6.07, 6.45) is 12.4. The number of Topliss-reactive ketones (excluding diaryl/α,β-unsaturated/α-hetero) is 1. The molecule has 0 amide bonds. The molecule has 0 unspecified atom stereocenters. The predicted octanol–water partition coefficient (Wildman–Crippen LogP) is 4.06. The molecule has 8 atom stereocenters. The van der Waals surface area contributed by atoms with Gasteiger partial charge in [-0.15, -0.1) is 0 Å². The number of rotatable bonds is 8. The van der Waals surface area contributed by atoms with Gasteiger partial charge in [0.1, 0.15) is 6.10 Å². The summed E-state index contributed by atoms with van der Waals surface area (Å²) in [6.45, 7) is 9.62. The van der Waals surface area contributed by atoms with Crippen molar-refractivity contribution in [3.63, 3.8) is 0 Å². The molecule has 0 aromatic rings. The molecule has 0 saturated heterocycles. The number of aliphatic hydroxyl groups excluding tert-OH is 2. The van der Waals surface area contributed by atoms with Gasteiger partial charge >= 0.3 is 5.97 Å². The highest BCUT2D eigenvalue weighted by Gasteiger charge is 2.76. The van der Waals surface area contributed by atoms with Crippen LogP contribution in [0.4, 0.5) is 0 Å². The summed E-state index contributed by atoms with van der Waals surface area (Å²) in [5.74, 6) is -1.27. The third-order valence-electron chi connectivity index (χ3n) is 9.59. The van der Waals surface area contributed by atoms with Gasteiger partial charge in [0, 0.05) is 12.0 Å². The van der Waals surface area contributed by atoms with Crippen LogP contribution in [0.5, 0.6) is 0 Å². The SMILES string of the molecule is CCCCC/C=C/C=C/C(=O)O[C@@H]1C(CO)=C[C@H]2C(=O)[C@]3(C=C(C)[C@H](O)[C@@]13O)[C@H](C)C[C@@H]1[C@H]2C1(C)C. The van der Waals surface area contributed by atoms with E-state index in [1.54, 1.807) is 31.2 Å². The molecule has 2 fully saturated rings. The van der Waals surface area contributed by atoms with Crippen molar-refractivity contribution in [1.29, 1.82) is 0 Å². The van der Waals surface area contributed by atoms with Crippen LogP contribution in [-0.4, -0.2) is 51.5 Å². The lowest BCUT2D eigenvalue weighted by Gasteiger charge is -2.49. The molecule has 6 nitrogen and oxygen atoms in total. The van der Waals surface area contributed by atoms with E-state index in [1.807, 2.05) is 13.0 Å². The van der Waals surface area contributed by atoms with E-state index in [2.05, 4.69) is 20.8 Å². The molecular formula is C30H42O6. The Morgan fingerprint density at radius 2 is 1.97 bits per heavy atom. The average molecular weight is 499 g/mol. The molecule has 4 aliphatic rings. The van der Waals surface area contributed by atoms with Gasteiger partial charge in [-0.25, -0.2) is 4.79 Å². The first-order valence-corrected chi connectivity index (χ1v) is 13.5. The number of ketones is 1. The molecular weight excluding hydrogens is 456 g/mol. The normalized spacial score (nSPS) is 40.8. The first-order valence-electron chi connectivity index (χ1n) is 13.5. The summed E-state index contributed by atoms with van der Waals surface area (Å²) >= 11 is 0. The third-order valence-corrected chi connectivity index (χ3v) is 9.59. The Hall–Kier alpha value is -2.02. The molecule has 2 bridgehead atoms. The van der Waals surface area contributed by atoms with Crippen molar-refractivity contribution in [1.82, 2.24) is 0 Å². The monoisotopic (exact) mass is 498 g/mol. The van der Waals surface area contributed by atoms with Gasteiger partial charge in [-0.3, -0.25) is 4.79 Å². The predicted molar refractivity (Wildman–Crippen MR) is 138 cm³/mol. The molecule has 1 spiro atoms. The van der Waals surface area contributed by atoms with E-state index < -0.39 is 41.7 Å². The fourth-order valence-electron chi connectivity index (χ4n) is 7.55. The second kappa shape index (κ2) is 9.70. The number of esters is 1. The van der Waals surface area contributed by atoms with E-state index in [0.717, 1.165) is 32.1 Å². The van der Waals surface area contributed by atoms with Gasteiger partial charge < -0.3 is 20.1 Å². The number of allylic oxidation sites excluding steroid dienone is 4. The van der Waals surface area contributed by atoms with Crippen molar-refractivity contribution < 1.29 is 29.6 Å². The molecule has 0 heterocycles. The number of hydrogen-bond acceptors (Lipinski definition) is 6. The molecule has 36 heavy (non-hydrogen) atoms. The summed E-state index contributed by atoms with van der Waals surface area (Å²) in [5, 5.41) is 34.0. The zero-order valence-electron chi connectivity index (χ0n) is 22.2. The molecule has 198 valence electrons. The number of unbranched alkanes of at least 4 members (excludes halogenated alkanes) is 3. The summed E-state index contributed by atoms with van der Waals surface area (Å²) in [7, 11) is 0. The third kappa shape index (κ3) is 3.88. The van der Waals surface area contributed by atoms with Crippen LogP contribution >= 0.6 is 0 Å². The van der Waals surface area contributed by atoms with Crippen LogP contribution in [0.15, 0.2) is 47.6 Å². The van der Waals surface area contributed by atoms with Crippen LogP contribution in [0.3, 0.4) is 0 Å². The van der Waals surface area contributed by atoms with E-state index in [-0.39, 0.29) is 28.6 Å². The lowest BCUT2D eigenvalue weighted by Crippen LogP contribution is -2.66. The molecule has 0 aliphatic heterocycles. The van der Waals surface area contributed by atoms with Crippen molar-refractivity contribution in [2.24, 2.45) is 34.5 Å². The zero-order valence-corrected chi connectivity index (χ0v) is 22.2. The molecule has 0 radical (unpaired) electrons. The molecule has 3 N–H and O–H groups in total. The van der Waals surface area contributed by atoms with Crippen LogP contribution < -0.4 is 0 Å². The summed E-state index contributed by atoms with van der Waals surface area (Å²) in [5.41, 5.74) is -2.79. The largest absolute Gasteiger partial charge is 0.451 e. The van der Waals surface area contributed by atoms with Gasteiger partial charge in [-0.1, -0.05) is 70.9 Å². The van der Waals surface area contributed by atoms with E-state index >= 15 is 0 Å². The highest BCUT2D eigenvalue weighted by molar-refractivity contribution is 5.95. The van der Waals surface area contributed by atoms with Crippen LogP contribution in [0.1, 0.15) is 66.7 Å². The second-order valence-corrected chi connectivity index (χ2v) is 12.0. The van der Waals surface area contributed by atoms with Crippen LogP contribution in [0.25, 0.3) is 0 Å². The van der Waals surface area contributed by atoms with Crippen LogP contribution in [0.2, 0.25) is 0 Å². The van der Waals surface area contributed by atoms with E-state index in [1.165, 1.54) is 6.08 Å². The Bertz CT molecular complexity index is 1020. The Morgan fingerprint density at radius 1 is 1.25 bits per heavy atom. The maximum Gasteiger partial charge on any atom is 0.331 e. The van der Waals surface area contributed by atoms with Gasteiger partial charge in [0.15, 0.2) is 17.5 Å². The molecule has 4 rings (SSSR count). The van der Waals surface area contributed by atoms with Crippen molar-refractivity contribution in [3.05, 3.63) is 47.6 Å². The van der Waals surface area contributed by atoms with Crippen molar-refractivity contribution in [3.8, 4) is 0 Å². The Kier molecular flexibility index (Phi) is 7.28. The summed E-state index contributed by atoms with van der Waals surface area (Å²) < 4.78 is 5.81. The minimum absolute atomic E-state index is 0.0376. The lowest BCUT2D eigenvalue weighted by molar-refractivity contribution is -0.202. The van der Waals surface area contributed by atoms with Crippen LogP contribution in [0, 0.1) is 34.5 Å². The molecule has 0 aromatic carbocycles. The molecule has 6 heteroatoms. The minimum Gasteiger partial charge on any atom is -0.451 e. The second-order valence-electron chi connectivity index (χ2n) is 12.0. The van der Waals surface area contributed by atoms with Crippen molar-refractivity contribution >= 4 is 11.8 Å². The maximum absolute atomic E-state index is 14.3. The Labute approximate surface area is 214 Å². The minimum atomic E-state index is -2.10. The number of carbonyl (C=O) groups is 2. The molecule has 0 aromatic heterocycles. The fraction of sp³-hybridized carbons (Fsp3) is 0.667. The Balaban J connectivity index is 1.71. The first-order chi connectivity index (χ1) is 17.0. The fourth-order valence-corrected chi connectivity index (χ4v) is 7.55. The smallest absolute Gasteiger partial charge is 0.331 e. The average Bonchev–Trinajstić information content (AvgIpc) is 3.34. The highest BCUT2D eigenvalue weighted by Crippen LogP contribution is 2.71.